The zero-order valence-corrected chi connectivity index (χ0v) is 9.01. The molecule has 0 saturated carbocycles. The van der Waals surface area contributed by atoms with E-state index < -0.39 is 18.7 Å². The van der Waals surface area contributed by atoms with Crippen molar-refractivity contribution in [1.29, 1.82) is 0 Å². The van der Waals surface area contributed by atoms with Gasteiger partial charge in [0.05, 0.1) is 7.11 Å². The highest BCUT2D eigenvalue weighted by atomic mass is 35.5. The van der Waals surface area contributed by atoms with Crippen molar-refractivity contribution in [2.45, 2.75) is 18.7 Å². The first kappa shape index (κ1) is 13.1. The monoisotopic (exact) mass is 255 g/mol. The number of ether oxygens (including phenoxy) is 1. The van der Waals surface area contributed by atoms with Gasteiger partial charge in [-0.1, -0.05) is 17.7 Å². The first-order chi connectivity index (χ1) is 7.34. The van der Waals surface area contributed by atoms with Gasteiger partial charge in [0, 0.05) is 12.0 Å². The van der Waals surface area contributed by atoms with Gasteiger partial charge in [-0.2, -0.15) is 13.2 Å². The molecule has 0 saturated heterocycles. The predicted molar refractivity (Wildman–Crippen MR) is 51.6 cm³/mol. The molecule has 16 heavy (non-hydrogen) atoms. The Bertz CT molecular complexity index is 370. The van der Waals surface area contributed by atoms with Crippen LogP contribution in [0.15, 0.2) is 12.1 Å². The average molecular weight is 256 g/mol. The van der Waals surface area contributed by atoms with E-state index in [1.165, 1.54) is 19.2 Å². The zero-order chi connectivity index (χ0) is 12.3. The number of nitrogens with zero attached hydrogens (tertiary/aromatic N) is 1. The molecule has 0 radical (unpaired) electrons. The molecular weight excluding hydrogens is 247 g/mol. The Hall–Kier alpha value is -1.01. The summed E-state index contributed by atoms with van der Waals surface area (Å²) in [7, 11) is 1.27. The smallest absolute Gasteiger partial charge is 0.414 e. The lowest BCUT2D eigenvalue weighted by atomic mass is 10.1. The van der Waals surface area contributed by atoms with Crippen molar-refractivity contribution in [3.8, 4) is 5.88 Å². The quantitative estimate of drug-likeness (QED) is 0.842. The van der Waals surface area contributed by atoms with E-state index >= 15 is 0 Å². The Morgan fingerprint density at radius 3 is 2.62 bits per heavy atom. The predicted octanol–water partition coefficient (Wildman–Crippen LogP) is 2.21. The van der Waals surface area contributed by atoms with Gasteiger partial charge in [-0.05, 0) is 6.07 Å². The summed E-state index contributed by atoms with van der Waals surface area (Å²) in [4.78, 5) is 3.69. The molecular formula is C9H9ClF3NO2. The summed E-state index contributed by atoms with van der Waals surface area (Å²) >= 11 is 5.55. The largest absolute Gasteiger partial charge is 0.481 e. The number of aliphatic hydroxyl groups excluding tert-OH is 1. The third-order valence-corrected chi connectivity index (χ3v) is 2.10. The van der Waals surface area contributed by atoms with Crippen molar-refractivity contribution in [3.63, 3.8) is 0 Å². The van der Waals surface area contributed by atoms with Crippen LogP contribution in [-0.4, -0.2) is 29.5 Å². The minimum atomic E-state index is -4.66. The standard InChI is InChI=1S/C9H9ClF3NO2/c1-16-8-5(2-3-7(10)14-8)4-6(15)9(11,12)13/h2-3,6,15H,4H2,1H3. The van der Waals surface area contributed by atoms with Crippen molar-refractivity contribution in [2.24, 2.45) is 0 Å². The highest BCUT2D eigenvalue weighted by molar-refractivity contribution is 6.29. The van der Waals surface area contributed by atoms with Gasteiger partial charge in [-0.3, -0.25) is 0 Å². The van der Waals surface area contributed by atoms with Gasteiger partial charge < -0.3 is 9.84 Å². The van der Waals surface area contributed by atoms with Crippen LogP contribution < -0.4 is 4.74 Å². The highest BCUT2D eigenvalue weighted by Crippen LogP contribution is 2.26. The first-order valence-corrected chi connectivity index (χ1v) is 4.66. The second-order valence-corrected chi connectivity index (χ2v) is 3.45. The zero-order valence-electron chi connectivity index (χ0n) is 8.25. The summed E-state index contributed by atoms with van der Waals surface area (Å²) in [6, 6.07) is 2.67. The number of methoxy groups -OCH3 is 1. The number of pyridine rings is 1. The Morgan fingerprint density at radius 2 is 2.12 bits per heavy atom. The topological polar surface area (TPSA) is 42.4 Å². The van der Waals surface area contributed by atoms with Crippen molar-refractivity contribution in [1.82, 2.24) is 4.98 Å². The van der Waals surface area contributed by atoms with Crippen LogP contribution in [0, 0.1) is 0 Å². The number of aromatic nitrogens is 1. The number of alkyl halides is 3. The van der Waals surface area contributed by atoms with Gasteiger partial charge in [-0.15, -0.1) is 0 Å². The maximum absolute atomic E-state index is 12.1. The molecule has 0 amide bonds. The lowest BCUT2D eigenvalue weighted by Crippen LogP contribution is -2.30. The van der Waals surface area contributed by atoms with E-state index in [9.17, 15) is 13.2 Å². The fraction of sp³-hybridized carbons (Fsp3) is 0.444. The molecule has 1 unspecified atom stereocenters. The molecule has 0 bridgehead atoms. The molecule has 0 aliphatic heterocycles. The van der Waals surface area contributed by atoms with Gasteiger partial charge in [0.2, 0.25) is 5.88 Å². The van der Waals surface area contributed by atoms with Crippen molar-refractivity contribution < 1.29 is 23.0 Å². The third-order valence-electron chi connectivity index (χ3n) is 1.89. The number of aliphatic hydroxyl groups is 1. The molecule has 1 aromatic heterocycles. The first-order valence-electron chi connectivity index (χ1n) is 4.28. The Morgan fingerprint density at radius 1 is 1.50 bits per heavy atom. The van der Waals surface area contributed by atoms with Crippen LogP contribution in [0.4, 0.5) is 13.2 Å². The molecule has 0 spiro atoms. The van der Waals surface area contributed by atoms with Crippen molar-refractivity contribution >= 4 is 11.6 Å². The van der Waals surface area contributed by atoms with E-state index in [2.05, 4.69) is 4.98 Å². The maximum Gasteiger partial charge on any atom is 0.414 e. The van der Waals surface area contributed by atoms with E-state index in [1.54, 1.807) is 0 Å². The Kier molecular flexibility index (Phi) is 3.98. The molecule has 1 atom stereocenters. The third kappa shape index (κ3) is 3.24. The molecule has 0 aromatic carbocycles. The molecule has 1 heterocycles. The SMILES string of the molecule is COc1nc(Cl)ccc1CC(O)C(F)(F)F. The molecule has 0 aliphatic rings. The average Bonchev–Trinajstić information content (AvgIpc) is 2.19. The van der Waals surface area contributed by atoms with E-state index in [0.717, 1.165) is 0 Å². The fourth-order valence-electron chi connectivity index (χ4n) is 1.10. The molecule has 3 nitrogen and oxygen atoms in total. The number of hydrogen-bond acceptors (Lipinski definition) is 3. The Labute approximate surface area is 94.8 Å². The van der Waals surface area contributed by atoms with Gasteiger partial charge in [0.25, 0.3) is 0 Å². The second-order valence-electron chi connectivity index (χ2n) is 3.06. The van der Waals surface area contributed by atoms with Gasteiger partial charge in [0.15, 0.2) is 6.10 Å². The molecule has 1 N–H and O–H groups in total. The van der Waals surface area contributed by atoms with Crippen molar-refractivity contribution in [3.05, 3.63) is 22.8 Å². The molecule has 0 fully saturated rings. The van der Waals surface area contributed by atoms with Crippen LogP contribution in [0.2, 0.25) is 5.15 Å². The minimum absolute atomic E-state index is 0.0178. The van der Waals surface area contributed by atoms with Crippen LogP contribution in [0.1, 0.15) is 5.56 Å². The Balaban J connectivity index is 2.89. The van der Waals surface area contributed by atoms with Crippen molar-refractivity contribution in [2.75, 3.05) is 7.11 Å². The second kappa shape index (κ2) is 4.88. The maximum atomic E-state index is 12.1. The summed E-state index contributed by atoms with van der Waals surface area (Å²) in [5.41, 5.74) is 0.150. The normalized spacial score (nSPS) is 13.6. The minimum Gasteiger partial charge on any atom is -0.481 e. The van der Waals surface area contributed by atoms with Gasteiger partial charge in [0.1, 0.15) is 5.15 Å². The summed E-state index contributed by atoms with van der Waals surface area (Å²) in [5, 5.41) is 9.00. The molecule has 7 heteroatoms. The summed E-state index contributed by atoms with van der Waals surface area (Å²) < 4.78 is 41.1. The molecule has 1 aromatic rings. The molecule has 90 valence electrons. The molecule has 1 rings (SSSR count). The summed E-state index contributed by atoms with van der Waals surface area (Å²) in [5.74, 6) is -0.0178. The summed E-state index contributed by atoms with van der Waals surface area (Å²) in [6.07, 6.45) is -7.72. The van der Waals surface area contributed by atoms with Gasteiger partial charge >= 0.3 is 6.18 Å². The van der Waals surface area contributed by atoms with Crippen LogP contribution in [0.3, 0.4) is 0 Å². The lowest BCUT2D eigenvalue weighted by Gasteiger charge is -2.15. The summed E-state index contributed by atoms with van der Waals surface area (Å²) in [6.45, 7) is 0. The lowest BCUT2D eigenvalue weighted by molar-refractivity contribution is -0.203. The van der Waals surface area contributed by atoms with Crippen LogP contribution in [-0.2, 0) is 6.42 Å². The van der Waals surface area contributed by atoms with E-state index in [-0.39, 0.29) is 16.6 Å². The van der Waals surface area contributed by atoms with Gasteiger partial charge in [-0.25, -0.2) is 4.98 Å². The van der Waals surface area contributed by atoms with Crippen LogP contribution in [0.25, 0.3) is 0 Å². The van der Waals surface area contributed by atoms with Crippen LogP contribution in [0.5, 0.6) is 5.88 Å². The number of rotatable bonds is 3. The fourth-order valence-corrected chi connectivity index (χ4v) is 1.24. The van der Waals surface area contributed by atoms with E-state index in [1.807, 2.05) is 0 Å². The number of halogens is 4. The van der Waals surface area contributed by atoms with Crippen LogP contribution >= 0.6 is 11.6 Å². The number of hydrogen-bond donors (Lipinski definition) is 1. The highest BCUT2D eigenvalue weighted by Gasteiger charge is 2.38. The van der Waals surface area contributed by atoms with E-state index in [0.29, 0.717) is 0 Å². The molecule has 0 aliphatic carbocycles. The van der Waals surface area contributed by atoms with E-state index in [4.69, 9.17) is 21.4 Å².